The van der Waals surface area contributed by atoms with E-state index < -0.39 is 17.2 Å². The van der Waals surface area contributed by atoms with Gasteiger partial charge in [-0.05, 0) is 22.1 Å². The highest BCUT2D eigenvalue weighted by Crippen LogP contribution is 2.32. The second-order valence-corrected chi connectivity index (χ2v) is 5.75. The number of hydrogen-bond donors (Lipinski definition) is 1. The summed E-state index contributed by atoms with van der Waals surface area (Å²) in [4.78, 5) is 11.8. The summed E-state index contributed by atoms with van der Waals surface area (Å²) < 4.78 is 39.6. The molecule has 0 unspecified atom stereocenters. The summed E-state index contributed by atoms with van der Waals surface area (Å²) in [6.07, 6.45) is -3.09. The maximum Gasteiger partial charge on any atom is 0.416 e. The van der Waals surface area contributed by atoms with Crippen molar-refractivity contribution in [3.8, 4) is 0 Å². The first-order chi connectivity index (χ1) is 10.7. The molecule has 0 saturated heterocycles. The van der Waals surface area contributed by atoms with Crippen LogP contribution in [-0.4, -0.2) is 32.7 Å². The Labute approximate surface area is 130 Å². The number of halogens is 3. The molecule has 0 saturated carbocycles. The van der Waals surface area contributed by atoms with Crippen LogP contribution in [0.4, 0.5) is 13.2 Å². The van der Waals surface area contributed by atoms with E-state index in [4.69, 9.17) is 0 Å². The molecule has 1 aromatic carbocycles. The van der Waals surface area contributed by atoms with E-state index in [9.17, 15) is 18.0 Å². The van der Waals surface area contributed by atoms with Gasteiger partial charge in [0, 0.05) is 12.0 Å². The Balaban J connectivity index is 2.02. The third kappa shape index (κ3) is 4.51. The van der Waals surface area contributed by atoms with Gasteiger partial charge in [-0.3, -0.25) is 4.79 Å². The van der Waals surface area contributed by atoms with Crippen LogP contribution in [0.1, 0.15) is 25.0 Å². The Morgan fingerprint density at radius 2 is 1.96 bits per heavy atom. The molecular formula is C14H16F3N5O. The van der Waals surface area contributed by atoms with E-state index in [0.29, 0.717) is 5.56 Å². The van der Waals surface area contributed by atoms with Gasteiger partial charge in [0.25, 0.3) is 0 Å². The van der Waals surface area contributed by atoms with E-state index >= 15 is 0 Å². The Kier molecular flexibility index (Phi) is 4.67. The van der Waals surface area contributed by atoms with Gasteiger partial charge in [-0.1, -0.05) is 32.0 Å². The first-order valence-corrected chi connectivity index (χ1v) is 6.84. The molecule has 9 heteroatoms. The molecule has 0 fully saturated rings. The molecule has 0 bridgehead atoms. The minimum Gasteiger partial charge on any atom is -0.354 e. The number of benzene rings is 1. The van der Waals surface area contributed by atoms with Crippen LogP contribution in [-0.2, 0) is 22.9 Å². The van der Waals surface area contributed by atoms with Crippen LogP contribution < -0.4 is 5.32 Å². The molecule has 0 atom stereocenters. The van der Waals surface area contributed by atoms with Crippen LogP contribution >= 0.6 is 0 Å². The number of nitrogens with zero attached hydrogens (tertiary/aromatic N) is 4. The lowest BCUT2D eigenvalue weighted by Crippen LogP contribution is -2.38. The molecule has 0 aliphatic heterocycles. The summed E-state index contributed by atoms with van der Waals surface area (Å²) in [5.74, 6) is -0.322. The Bertz CT molecular complexity index is 667. The van der Waals surface area contributed by atoms with Crippen molar-refractivity contribution in [2.24, 2.45) is 0 Å². The van der Waals surface area contributed by atoms with Crippen LogP contribution in [0.3, 0.4) is 0 Å². The number of nitrogens with one attached hydrogen (secondary N) is 1. The summed E-state index contributed by atoms with van der Waals surface area (Å²) in [7, 11) is 0. The number of tetrazole rings is 1. The minimum atomic E-state index is -4.39. The van der Waals surface area contributed by atoms with E-state index in [1.165, 1.54) is 17.1 Å². The van der Waals surface area contributed by atoms with Crippen molar-refractivity contribution < 1.29 is 18.0 Å². The molecule has 1 aromatic heterocycles. The highest BCUT2D eigenvalue weighted by atomic mass is 19.4. The van der Waals surface area contributed by atoms with Gasteiger partial charge in [0.15, 0.2) is 0 Å². The van der Waals surface area contributed by atoms with Gasteiger partial charge in [-0.15, -0.1) is 5.10 Å². The summed E-state index contributed by atoms with van der Waals surface area (Å²) in [5, 5.41) is 13.1. The zero-order chi connectivity index (χ0) is 17.1. The van der Waals surface area contributed by atoms with E-state index in [1.807, 2.05) is 0 Å². The SMILES string of the molecule is CC(C)(CNC(=O)Cn1cnnn1)c1cccc(C(F)(F)F)c1. The number of hydrogen-bond acceptors (Lipinski definition) is 4. The molecule has 0 spiro atoms. The largest absolute Gasteiger partial charge is 0.416 e. The fraction of sp³-hybridized carbons (Fsp3) is 0.429. The van der Waals surface area contributed by atoms with Gasteiger partial charge < -0.3 is 5.32 Å². The lowest BCUT2D eigenvalue weighted by molar-refractivity contribution is -0.137. The van der Waals surface area contributed by atoms with Crippen molar-refractivity contribution in [1.82, 2.24) is 25.5 Å². The molecule has 2 aromatic rings. The van der Waals surface area contributed by atoms with Crippen molar-refractivity contribution in [1.29, 1.82) is 0 Å². The molecule has 6 nitrogen and oxygen atoms in total. The van der Waals surface area contributed by atoms with E-state index in [-0.39, 0.29) is 19.0 Å². The number of carbonyl (C=O) groups is 1. The lowest BCUT2D eigenvalue weighted by atomic mass is 9.83. The molecule has 0 aliphatic rings. The van der Waals surface area contributed by atoms with Gasteiger partial charge in [0.05, 0.1) is 5.56 Å². The zero-order valence-electron chi connectivity index (χ0n) is 12.6. The Hall–Kier alpha value is -2.45. The fourth-order valence-corrected chi connectivity index (χ4v) is 1.99. The third-order valence-electron chi connectivity index (χ3n) is 3.40. The monoisotopic (exact) mass is 327 g/mol. The van der Waals surface area contributed by atoms with Gasteiger partial charge in [-0.25, -0.2) is 4.68 Å². The average molecular weight is 327 g/mol. The minimum absolute atomic E-state index is 0.0499. The number of aromatic nitrogens is 4. The van der Waals surface area contributed by atoms with Crippen molar-refractivity contribution in [2.75, 3.05) is 6.54 Å². The highest BCUT2D eigenvalue weighted by Gasteiger charge is 2.32. The molecule has 1 N–H and O–H groups in total. The Morgan fingerprint density at radius 3 is 2.57 bits per heavy atom. The van der Waals surface area contributed by atoms with Crippen LogP contribution in [0.25, 0.3) is 0 Å². The van der Waals surface area contributed by atoms with Gasteiger partial charge in [0.2, 0.25) is 5.91 Å². The van der Waals surface area contributed by atoms with Gasteiger partial charge in [0.1, 0.15) is 12.9 Å². The van der Waals surface area contributed by atoms with Crippen LogP contribution in [0.2, 0.25) is 0 Å². The predicted molar refractivity (Wildman–Crippen MR) is 75.3 cm³/mol. The maximum absolute atomic E-state index is 12.8. The predicted octanol–water partition coefficient (Wildman–Crippen LogP) is 1.79. The first kappa shape index (κ1) is 16.9. The lowest BCUT2D eigenvalue weighted by Gasteiger charge is -2.26. The molecule has 1 amide bonds. The summed E-state index contributed by atoms with van der Waals surface area (Å²) >= 11 is 0. The van der Waals surface area contributed by atoms with Gasteiger partial charge in [-0.2, -0.15) is 13.2 Å². The summed E-state index contributed by atoms with van der Waals surface area (Å²) in [5.41, 5.74) is -0.865. The first-order valence-electron chi connectivity index (χ1n) is 6.84. The number of amides is 1. The van der Waals surface area contributed by atoms with E-state index in [1.54, 1.807) is 19.9 Å². The molecule has 2 rings (SSSR count). The van der Waals surface area contributed by atoms with Crippen molar-refractivity contribution >= 4 is 5.91 Å². The highest BCUT2D eigenvalue weighted by molar-refractivity contribution is 5.75. The Morgan fingerprint density at radius 1 is 1.26 bits per heavy atom. The fourth-order valence-electron chi connectivity index (χ4n) is 1.99. The zero-order valence-corrected chi connectivity index (χ0v) is 12.6. The third-order valence-corrected chi connectivity index (χ3v) is 3.40. The molecular weight excluding hydrogens is 311 g/mol. The standard InChI is InChI=1S/C14H16F3N5O/c1-13(2,8-18-12(23)7-22-9-19-20-21-22)10-4-3-5-11(6-10)14(15,16)17/h3-6,9H,7-8H2,1-2H3,(H,18,23). The molecule has 23 heavy (non-hydrogen) atoms. The molecule has 0 radical (unpaired) electrons. The number of rotatable bonds is 5. The quantitative estimate of drug-likeness (QED) is 0.909. The smallest absolute Gasteiger partial charge is 0.354 e. The number of alkyl halides is 3. The van der Waals surface area contributed by atoms with Crippen molar-refractivity contribution in [3.05, 3.63) is 41.7 Å². The summed E-state index contributed by atoms with van der Waals surface area (Å²) in [6, 6.07) is 5.11. The topological polar surface area (TPSA) is 72.7 Å². The van der Waals surface area contributed by atoms with E-state index in [2.05, 4.69) is 20.8 Å². The van der Waals surface area contributed by atoms with Gasteiger partial charge >= 0.3 is 6.18 Å². The second kappa shape index (κ2) is 6.35. The number of carbonyl (C=O) groups excluding carboxylic acids is 1. The van der Waals surface area contributed by atoms with Crippen molar-refractivity contribution in [3.63, 3.8) is 0 Å². The van der Waals surface area contributed by atoms with Crippen LogP contribution in [0.5, 0.6) is 0 Å². The molecule has 1 heterocycles. The average Bonchev–Trinajstić information content (AvgIpc) is 2.97. The van der Waals surface area contributed by atoms with Crippen LogP contribution in [0.15, 0.2) is 30.6 Å². The second-order valence-electron chi connectivity index (χ2n) is 5.75. The van der Waals surface area contributed by atoms with Crippen molar-refractivity contribution in [2.45, 2.75) is 32.0 Å². The maximum atomic E-state index is 12.8. The van der Waals surface area contributed by atoms with E-state index in [0.717, 1.165) is 12.1 Å². The summed E-state index contributed by atoms with van der Waals surface area (Å²) in [6.45, 7) is 3.67. The molecule has 0 aliphatic carbocycles. The normalized spacial score (nSPS) is 12.2. The van der Waals surface area contributed by atoms with Crippen LogP contribution in [0, 0.1) is 0 Å². The molecule has 124 valence electrons.